The highest BCUT2D eigenvalue weighted by Crippen LogP contribution is 2.42. The van der Waals surface area contributed by atoms with Gasteiger partial charge < -0.3 is 14.7 Å². The van der Waals surface area contributed by atoms with E-state index in [1.807, 2.05) is 29.6 Å². The lowest BCUT2D eigenvalue weighted by atomic mass is 9.82. The van der Waals surface area contributed by atoms with Crippen LogP contribution in [0.15, 0.2) is 53.1 Å². The summed E-state index contributed by atoms with van der Waals surface area (Å²) in [5.74, 6) is -0.517. The zero-order chi connectivity index (χ0) is 19.8. The number of aliphatic hydroxyl groups is 1. The number of benzene rings is 1. The maximum absolute atomic E-state index is 13.1. The van der Waals surface area contributed by atoms with Crippen LogP contribution in [0.2, 0.25) is 0 Å². The average Bonchev–Trinajstić information content (AvgIpc) is 3.23. The lowest BCUT2D eigenvalue weighted by Crippen LogP contribution is -2.32. The summed E-state index contributed by atoms with van der Waals surface area (Å²) >= 11 is 1.53. The number of carbonyl (C=O) groups is 2. The van der Waals surface area contributed by atoms with Gasteiger partial charge in [0.15, 0.2) is 11.5 Å². The SMILES string of the molecule is COc1ccc(C2C(C(=O)C(C)(C)C)=C(O)C(=O)N2Cc2cccs2)cc1. The quantitative estimate of drug-likeness (QED) is 0.835. The van der Waals surface area contributed by atoms with Crippen LogP contribution in [0.5, 0.6) is 5.75 Å². The molecule has 3 rings (SSSR count). The summed E-state index contributed by atoms with van der Waals surface area (Å²) in [5.41, 5.74) is 0.208. The van der Waals surface area contributed by atoms with Crippen molar-refractivity contribution in [2.45, 2.75) is 33.4 Å². The van der Waals surface area contributed by atoms with Crippen molar-refractivity contribution in [3.05, 3.63) is 63.6 Å². The van der Waals surface area contributed by atoms with Crippen molar-refractivity contribution in [1.29, 1.82) is 0 Å². The lowest BCUT2D eigenvalue weighted by Gasteiger charge is -2.28. The maximum atomic E-state index is 13.1. The summed E-state index contributed by atoms with van der Waals surface area (Å²) in [4.78, 5) is 28.4. The van der Waals surface area contributed by atoms with Crippen LogP contribution in [0.4, 0.5) is 0 Å². The second kappa shape index (κ2) is 7.19. The van der Waals surface area contributed by atoms with Gasteiger partial charge in [-0.25, -0.2) is 0 Å². The Hall–Kier alpha value is -2.60. The Bertz CT molecular complexity index is 876. The van der Waals surface area contributed by atoms with Crippen molar-refractivity contribution in [3.63, 3.8) is 0 Å². The summed E-state index contributed by atoms with van der Waals surface area (Å²) < 4.78 is 5.21. The molecular formula is C21H23NO4S. The minimum absolute atomic E-state index is 0.161. The predicted molar refractivity (Wildman–Crippen MR) is 105 cm³/mol. The van der Waals surface area contributed by atoms with Crippen LogP contribution in [0, 0.1) is 5.41 Å². The highest BCUT2D eigenvalue weighted by molar-refractivity contribution is 7.09. The first-order valence-electron chi connectivity index (χ1n) is 8.69. The standard InChI is InChI=1S/C21H23NO4S/c1-21(2,3)19(24)16-17(13-7-9-14(26-4)10-8-13)22(20(25)18(16)23)12-15-6-5-11-27-15/h5-11,17,23H,12H2,1-4H3. The largest absolute Gasteiger partial charge is 0.503 e. The smallest absolute Gasteiger partial charge is 0.290 e. The highest BCUT2D eigenvalue weighted by Gasteiger charge is 2.45. The van der Waals surface area contributed by atoms with Gasteiger partial charge in [0.1, 0.15) is 5.75 Å². The third-order valence-corrected chi connectivity index (χ3v) is 5.43. The van der Waals surface area contributed by atoms with Gasteiger partial charge in [-0.2, -0.15) is 0 Å². The second-order valence-corrected chi connectivity index (χ2v) is 8.56. The van der Waals surface area contributed by atoms with Crippen molar-refractivity contribution < 1.29 is 19.4 Å². The molecule has 0 spiro atoms. The molecule has 1 N–H and O–H groups in total. The number of aliphatic hydroxyl groups excluding tert-OH is 1. The molecular weight excluding hydrogens is 362 g/mol. The normalized spacial score (nSPS) is 17.6. The summed E-state index contributed by atoms with van der Waals surface area (Å²) in [5, 5.41) is 12.5. The number of ketones is 1. The molecule has 1 aliphatic rings. The number of thiophene rings is 1. The van der Waals surface area contributed by atoms with E-state index >= 15 is 0 Å². The fraction of sp³-hybridized carbons (Fsp3) is 0.333. The van der Waals surface area contributed by atoms with Gasteiger partial charge in [0.25, 0.3) is 5.91 Å². The Kier molecular flexibility index (Phi) is 5.11. The number of amides is 1. The summed E-state index contributed by atoms with van der Waals surface area (Å²) in [6, 6.07) is 10.5. The van der Waals surface area contributed by atoms with Crippen LogP contribution in [0.1, 0.15) is 37.3 Å². The third kappa shape index (κ3) is 3.62. The first kappa shape index (κ1) is 19.2. The Labute approximate surface area is 162 Å². The van der Waals surface area contributed by atoms with Gasteiger partial charge >= 0.3 is 0 Å². The van der Waals surface area contributed by atoms with Gasteiger partial charge in [0, 0.05) is 10.3 Å². The van der Waals surface area contributed by atoms with E-state index in [0.717, 1.165) is 10.4 Å². The van der Waals surface area contributed by atoms with Crippen LogP contribution in [0.25, 0.3) is 0 Å². The van der Waals surface area contributed by atoms with E-state index in [1.54, 1.807) is 44.9 Å². The summed E-state index contributed by atoms with van der Waals surface area (Å²) in [6.45, 7) is 5.69. The fourth-order valence-corrected chi connectivity index (χ4v) is 3.86. The van der Waals surface area contributed by atoms with Gasteiger partial charge in [0.2, 0.25) is 0 Å². The van der Waals surface area contributed by atoms with Crippen LogP contribution < -0.4 is 4.74 Å². The Morgan fingerprint density at radius 2 is 1.89 bits per heavy atom. The van der Waals surface area contributed by atoms with E-state index in [0.29, 0.717) is 12.3 Å². The molecule has 0 saturated carbocycles. The molecule has 1 amide bonds. The van der Waals surface area contributed by atoms with E-state index < -0.39 is 23.1 Å². The molecule has 0 radical (unpaired) electrons. The molecule has 0 saturated heterocycles. The van der Waals surface area contributed by atoms with Gasteiger partial charge in [-0.1, -0.05) is 39.0 Å². The van der Waals surface area contributed by atoms with Crippen molar-refractivity contribution in [2.75, 3.05) is 7.11 Å². The van der Waals surface area contributed by atoms with Crippen molar-refractivity contribution in [2.24, 2.45) is 5.41 Å². The van der Waals surface area contributed by atoms with E-state index in [2.05, 4.69) is 0 Å². The monoisotopic (exact) mass is 385 g/mol. The molecule has 1 aromatic carbocycles. The Balaban J connectivity index is 2.08. The van der Waals surface area contributed by atoms with E-state index in [9.17, 15) is 14.7 Å². The highest BCUT2D eigenvalue weighted by atomic mass is 32.1. The summed E-state index contributed by atoms with van der Waals surface area (Å²) in [7, 11) is 1.58. The Morgan fingerprint density at radius 1 is 1.22 bits per heavy atom. The molecule has 2 aromatic rings. The van der Waals surface area contributed by atoms with Crippen LogP contribution in [-0.2, 0) is 16.1 Å². The first-order chi connectivity index (χ1) is 12.7. The topological polar surface area (TPSA) is 66.8 Å². The summed E-state index contributed by atoms with van der Waals surface area (Å²) in [6.07, 6.45) is 0. The van der Waals surface area contributed by atoms with Crippen LogP contribution >= 0.6 is 11.3 Å². The molecule has 27 heavy (non-hydrogen) atoms. The van der Waals surface area contributed by atoms with Crippen LogP contribution in [0.3, 0.4) is 0 Å². The van der Waals surface area contributed by atoms with E-state index in [1.165, 1.54) is 11.3 Å². The molecule has 1 aromatic heterocycles. The number of nitrogens with zero attached hydrogens (tertiary/aromatic N) is 1. The zero-order valence-electron chi connectivity index (χ0n) is 15.9. The Morgan fingerprint density at radius 3 is 2.41 bits per heavy atom. The fourth-order valence-electron chi connectivity index (χ4n) is 3.16. The predicted octanol–water partition coefficient (Wildman–Crippen LogP) is 4.27. The molecule has 0 aliphatic carbocycles. The van der Waals surface area contributed by atoms with Crippen LogP contribution in [-0.4, -0.2) is 28.8 Å². The average molecular weight is 385 g/mol. The van der Waals surface area contributed by atoms with E-state index in [4.69, 9.17) is 4.74 Å². The molecule has 1 atom stereocenters. The maximum Gasteiger partial charge on any atom is 0.290 e. The first-order valence-corrected chi connectivity index (χ1v) is 9.57. The van der Waals surface area contributed by atoms with Crippen molar-refractivity contribution in [3.8, 4) is 5.75 Å². The van der Waals surface area contributed by atoms with Gasteiger partial charge in [-0.3, -0.25) is 9.59 Å². The molecule has 1 aliphatic heterocycles. The number of carbonyl (C=O) groups excluding carboxylic acids is 2. The number of hydrogen-bond acceptors (Lipinski definition) is 5. The van der Waals surface area contributed by atoms with E-state index in [-0.39, 0.29) is 11.4 Å². The van der Waals surface area contributed by atoms with Crippen molar-refractivity contribution >= 4 is 23.0 Å². The molecule has 1 unspecified atom stereocenters. The van der Waals surface area contributed by atoms with Gasteiger partial charge in [-0.15, -0.1) is 11.3 Å². The second-order valence-electron chi connectivity index (χ2n) is 7.53. The number of hydrogen-bond donors (Lipinski definition) is 1. The number of ether oxygens (including phenoxy) is 1. The minimum Gasteiger partial charge on any atom is -0.503 e. The third-order valence-electron chi connectivity index (χ3n) is 4.57. The molecule has 0 bridgehead atoms. The van der Waals surface area contributed by atoms with Crippen molar-refractivity contribution in [1.82, 2.24) is 4.90 Å². The molecule has 2 heterocycles. The zero-order valence-corrected chi connectivity index (χ0v) is 16.7. The number of methoxy groups -OCH3 is 1. The lowest BCUT2D eigenvalue weighted by molar-refractivity contribution is -0.130. The minimum atomic E-state index is -0.715. The molecule has 6 heteroatoms. The molecule has 142 valence electrons. The number of rotatable bonds is 5. The molecule has 5 nitrogen and oxygen atoms in total. The number of Topliss-reactive ketones (excluding diaryl/α,β-unsaturated/α-hetero) is 1. The molecule has 0 fully saturated rings. The van der Waals surface area contributed by atoms with Gasteiger partial charge in [-0.05, 0) is 29.1 Å². The van der Waals surface area contributed by atoms with Gasteiger partial charge in [0.05, 0.1) is 25.3 Å².